The lowest BCUT2D eigenvalue weighted by molar-refractivity contribution is -0.129. The van der Waals surface area contributed by atoms with Gasteiger partial charge in [-0.3, -0.25) is 19.6 Å². The van der Waals surface area contributed by atoms with Gasteiger partial charge in [0, 0.05) is 18.7 Å². The normalized spacial score (nSPS) is 19.1. The Labute approximate surface area is 190 Å². The average Bonchev–Trinajstić information content (AvgIpc) is 2.81. The van der Waals surface area contributed by atoms with Crippen molar-refractivity contribution in [3.05, 3.63) is 12.2 Å². The molecule has 2 rings (SSSR count). The van der Waals surface area contributed by atoms with Crippen LogP contribution in [0.3, 0.4) is 0 Å². The first-order valence-electron chi connectivity index (χ1n) is 11.9. The summed E-state index contributed by atoms with van der Waals surface area (Å²) >= 11 is 1.53. The Kier molecular flexibility index (Phi) is 12.7. The minimum absolute atomic E-state index is 0.134. The van der Waals surface area contributed by atoms with Gasteiger partial charge in [-0.25, -0.2) is 5.48 Å². The molecular weight excluding hydrogens is 414 g/mol. The molecule has 8 heteroatoms. The van der Waals surface area contributed by atoms with Crippen LogP contribution in [0.2, 0.25) is 0 Å². The number of carbonyl (C=O) groups is 3. The molecule has 7 nitrogen and oxygen atoms in total. The highest BCUT2D eigenvalue weighted by Gasteiger charge is 2.22. The molecule has 2 fully saturated rings. The number of carbonyl (C=O) groups excluding carboxylic acids is 3. The van der Waals surface area contributed by atoms with E-state index >= 15 is 0 Å². The second kappa shape index (κ2) is 15.3. The highest BCUT2D eigenvalue weighted by atomic mass is 32.2. The average molecular weight is 454 g/mol. The fourth-order valence-electron chi connectivity index (χ4n) is 4.30. The molecule has 1 atom stereocenters. The third-order valence-corrected chi connectivity index (χ3v) is 7.34. The van der Waals surface area contributed by atoms with E-state index in [0.717, 1.165) is 25.7 Å². The Bertz CT molecular complexity index is 587. The molecule has 2 aliphatic carbocycles. The van der Waals surface area contributed by atoms with Crippen LogP contribution in [0, 0.1) is 11.8 Å². The van der Waals surface area contributed by atoms with Gasteiger partial charge < -0.3 is 10.6 Å². The maximum absolute atomic E-state index is 12.8. The van der Waals surface area contributed by atoms with E-state index in [-0.39, 0.29) is 18.2 Å². The first kappa shape index (κ1) is 25.7. The van der Waals surface area contributed by atoms with Gasteiger partial charge in [-0.15, -0.1) is 0 Å². The summed E-state index contributed by atoms with van der Waals surface area (Å²) in [5, 5.41) is 14.5. The van der Waals surface area contributed by atoms with E-state index in [4.69, 9.17) is 5.21 Å². The molecule has 0 bridgehead atoms. The molecule has 0 heterocycles. The van der Waals surface area contributed by atoms with Crippen LogP contribution in [0.25, 0.3) is 0 Å². The first-order valence-corrected chi connectivity index (χ1v) is 13.0. The van der Waals surface area contributed by atoms with Crippen LogP contribution in [0.1, 0.15) is 77.0 Å². The molecule has 0 aromatic rings. The Balaban J connectivity index is 1.80. The number of amides is 3. The third kappa shape index (κ3) is 11.1. The van der Waals surface area contributed by atoms with Gasteiger partial charge in [0.25, 0.3) is 0 Å². The molecule has 0 spiro atoms. The second-order valence-corrected chi connectivity index (χ2v) is 9.93. The van der Waals surface area contributed by atoms with Crippen LogP contribution in [0.4, 0.5) is 0 Å². The predicted molar refractivity (Wildman–Crippen MR) is 124 cm³/mol. The zero-order chi connectivity index (χ0) is 22.3. The van der Waals surface area contributed by atoms with Crippen LogP contribution in [0.15, 0.2) is 12.2 Å². The number of hydrogen-bond donors (Lipinski definition) is 4. The third-order valence-electron chi connectivity index (χ3n) is 6.19. The standard InChI is InChI=1S/C23H39N3O4S/c27-21(14-13-18-8-3-1-4-9-18)25-20(17-31-15-7-12-22(28)26-30)23(29)24-16-19-10-5-2-6-11-19/h13-14,18-20,30H,1-12,15-17H2,(H,24,29)(H,25,27)(H,26,28)/b14-13+/t20-/m0/s1. The molecule has 3 amide bonds. The quantitative estimate of drug-likeness (QED) is 0.157. The SMILES string of the molecule is O=C(/C=C/C1CCCCC1)N[C@@H](CSCCCC(=O)NO)C(=O)NCC1CCCCC1. The number of hydrogen-bond acceptors (Lipinski definition) is 5. The Morgan fingerprint density at radius 2 is 1.68 bits per heavy atom. The summed E-state index contributed by atoms with van der Waals surface area (Å²) in [4.78, 5) is 36.3. The Morgan fingerprint density at radius 3 is 2.35 bits per heavy atom. The highest BCUT2D eigenvalue weighted by Crippen LogP contribution is 2.24. The zero-order valence-electron chi connectivity index (χ0n) is 18.6. The van der Waals surface area contributed by atoms with E-state index in [1.807, 2.05) is 6.08 Å². The number of allylic oxidation sites excluding steroid dienone is 1. The summed E-state index contributed by atoms with van der Waals surface area (Å²) in [7, 11) is 0. The molecular formula is C23H39N3O4S. The van der Waals surface area contributed by atoms with E-state index in [9.17, 15) is 14.4 Å². The number of hydroxylamine groups is 1. The highest BCUT2D eigenvalue weighted by molar-refractivity contribution is 7.99. The van der Waals surface area contributed by atoms with Crippen LogP contribution >= 0.6 is 11.8 Å². The van der Waals surface area contributed by atoms with Gasteiger partial charge >= 0.3 is 0 Å². The van der Waals surface area contributed by atoms with E-state index in [0.29, 0.717) is 36.3 Å². The molecule has 0 aliphatic heterocycles. The van der Waals surface area contributed by atoms with E-state index < -0.39 is 11.9 Å². The van der Waals surface area contributed by atoms with Crippen molar-refractivity contribution < 1.29 is 19.6 Å². The molecule has 0 unspecified atom stereocenters. The molecule has 0 aromatic carbocycles. The molecule has 0 aromatic heterocycles. The first-order chi connectivity index (χ1) is 15.1. The Morgan fingerprint density at radius 1 is 1.00 bits per heavy atom. The van der Waals surface area contributed by atoms with Gasteiger partial charge in [-0.1, -0.05) is 44.6 Å². The molecule has 4 N–H and O–H groups in total. The molecule has 0 saturated heterocycles. The molecule has 2 aliphatic rings. The van der Waals surface area contributed by atoms with E-state index in [1.54, 1.807) is 11.6 Å². The number of thioether (sulfide) groups is 1. The monoisotopic (exact) mass is 453 g/mol. The van der Waals surface area contributed by atoms with Crippen molar-refractivity contribution in [2.45, 2.75) is 83.1 Å². The van der Waals surface area contributed by atoms with Gasteiger partial charge in [0.1, 0.15) is 6.04 Å². The summed E-state index contributed by atoms with van der Waals surface area (Å²) < 4.78 is 0. The largest absolute Gasteiger partial charge is 0.354 e. The molecule has 2 saturated carbocycles. The van der Waals surface area contributed by atoms with Crippen molar-refractivity contribution in [3.8, 4) is 0 Å². The lowest BCUT2D eigenvalue weighted by Gasteiger charge is -2.24. The van der Waals surface area contributed by atoms with Gasteiger partial charge in [0.15, 0.2) is 0 Å². The van der Waals surface area contributed by atoms with Gasteiger partial charge in [-0.05, 0) is 55.8 Å². The lowest BCUT2D eigenvalue weighted by Crippen LogP contribution is -2.49. The molecule has 31 heavy (non-hydrogen) atoms. The van der Waals surface area contributed by atoms with Gasteiger partial charge in [0.2, 0.25) is 17.7 Å². The van der Waals surface area contributed by atoms with Crippen LogP contribution in [-0.2, 0) is 14.4 Å². The minimum Gasteiger partial charge on any atom is -0.354 e. The summed E-state index contributed by atoms with van der Waals surface area (Å²) in [5.74, 6) is 1.36. The fraction of sp³-hybridized carbons (Fsp3) is 0.783. The lowest BCUT2D eigenvalue weighted by atomic mass is 9.89. The van der Waals surface area contributed by atoms with Crippen molar-refractivity contribution in [3.63, 3.8) is 0 Å². The van der Waals surface area contributed by atoms with Gasteiger partial charge in [-0.2, -0.15) is 11.8 Å². The van der Waals surface area contributed by atoms with Crippen molar-refractivity contribution in [2.24, 2.45) is 11.8 Å². The summed E-state index contributed by atoms with van der Waals surface area (Å²) in [6.07, 6.45) is 16.4. The number of rotatable bonds is 12. The van der Waals surface area contributed by atoms with Crippen molar-refractivity contribution in [2.75, 3.05) is 18.1 Å². The Hall–Kier alpha value is -1.54. The van der Waals surface area contributed by atoms with Crippen molar-refractivity contribution >= 4 is 29.5 Å². The molecule has 0 radical (unpaired) electrons. The number of nitrogens with one attached hydrogen (secondary N) is 3. The van der Waals surface area contributed by atoms with Crippen molar-refractivity contribution in [1.82, 2.24) is 16.1 Å². The van der Waals surface area contributed by atoms with E-state index in [1.165, 1.54) is 50.3 Å². The second-order valence-electron chi connectivity index (χ2n) is 8.78. The van der Waals surface area contributed by atoms with Crippen LogP contribution < -0.4 is 16.1 Å². The minimum atomic E-state index is -0.594. The maximum Gasteiger partial charge on any atom is 0.244 e. The van der Waals surface area contributed by atoms with Crippen molar-refractivity contribution in [1.29, 1.82) is 0 Å². The fourth-order valence-corrected chi connectivity index (χ4v) is 5.29. The van der Waals surface area contributed by atoms with E-state index in [2.05, 4.69) is 10.6 Å². The zero-order valence-corrected chi connectivity index (χ0v) is 19.4. The predicted octanol–water partition coefficient (Wildman–Crippen LogP) is 3.32. The summed E-state index contributed by atoms with van der Waals surface area (Å²) in [6.45, 7) is 0.671. The topological polar surface area (TPSA) is 108 Å². The van der Waals surface area contributed by atoms with Crippen LogP contribution in [0.5, 0.6) is 0 Å². The maximum atomic E-state index is 12.8. The molecule has 176 valence electrons. The summed E-state index contributed by atoms with van der Waals surface area (Å²) in [5.41, 5.74) is 1.62. The van der Waals surface area contributed by atoms with Gasteiger partial charge in [0.05, 0.1) is 0 Å². The smallest absolute Gasteiger partial charge is 0.244 e. The summed E-state index contributed by atoms with van der Waals surface area (Å²) in [6, 6.07) is -0.594. The van der Waals surface area contributed by atoms with Crippen LogP contribution in [-0.4, -0.2) is 47.0 Å².